The Morgan fingerprint density at radius 3 is 2.16 bits per heavy atom. The van der Waals surface area contributed by atoms with Gasteiger partial charge in [-0.25, -0.2) is 0 Å². The second kappa shape index (κ2) is 7.24. The van der Waals surface area contributed by atoms with Crippen LogP contribution in [0.15, 0.2) is 18.2 Å². The predicted molar refractivity (Wildman–Crippen MR) is 84.4 cm³/mol. The lowest BCUT2D eigenvalue weighted by Gasteiger charge is -2.18. The maximum atomic E-state index is 12.2. The number of amides is 1. The molecular formula is C15H22N2OS. The van der Waals surface area contributed by atoms with E-state index in [1.165, 1.54) is 0 Å². The highest BCUT2D eigenvalue weighted by atomic mass is 32.1. The van der Waals surface area contributed by atoms with E-state index < -0.39 is 5.92 Å². The second-order valence-corrected chi connectivity index (χ2v) is 4.98. The molecule has 1 amide bonds. The number of thiocarbonyl (C=S) groups is 1. The number of benzene rings is 1. The van der Waals surface area contributed by atoms with Crippen LogP contribution in [0.4, 0.5) is 5.69 Å². The summed E-state index contributed by atoms with van der Waals surface area (Å²) in [6.07, 6.45) is 2.39. The molecule has 0 bridgehead atoms. The quantitative estimate of drug-likeness (QED) is 0.786. The third-order valence-corrected chi connectivity index (χ3v) is 3.60. The molecule has 1 atom stereocenters. The van der Waals surface area contributed by atoms with Gasteiger partial charge in [-0.2, -0.15) is 0 Å². The number of carbonyl (C=O) groups is 1. The summed E-state index contributed by atoms with van der Waals surface area (Å²) in [5.41, 5.74) is 8.82. The summed E-state index contributed by atoms with van der Waals surface area (Å²) in [5.74, 6) is -0.504. The molecule has 104 valence electrons. The van der Waals surface area contributed by atoms with Gasteiger partial charge in [0.25, 0.3) is 0 Å². The summed E-state index contributed by atoms with van der Waals surface area (Å²) in [4.78, 5) is 12.5. The first-order valence-corrected chi connectivity index (χ1v) is 7.16. The van der Waals surface area contributed by atoms with E-state index in [9.17, 15) is 4.79 Å². The number of hydrogen-bond acceptors (Lipinski definition) is 2. The largest absolute Gasteiger partial charge is 0.393 e. The van der Waals surface area contributed by atoms with Crippen molar-refractivity contribution in [1.29, 1.82) is 0 Å². The summed E-state index contributed by atoms with van der Waals surface area (Å²) >= 11 is 4.95. The van der Waals surface area contributed by atoms with E-state index in [2.05, 4.69) is 19.2 Å². The fraction of sp³-hybridized carbons (Fsp3) is 0.467. The van der Waals surface area contributed by atoms with Gasteiger partial charge in [0, 0.05) is 5.69 Å². The molecule has 19 heavy (non-hydrogen) atoms. The first-order chi connectivity index (χ1) is 9.04. The Kier molecular flexibility index (Phi) is 5.96. The number of nitrogens with two attached hydrogens (primary N) is 1. The van der Waals surface area contributed by atoms with Gasteiger partial charge in [0.15, 0.2) is 0 Å². The molecule has 1 rings (SSSR count). The third kappa shape index (κ3) is 3.77. The van der Waals surface area contributed by atoms with E-state index >= 15 is 0 Å². The Labute approximate surface area is 120 Å². The topological polar surface area (TPSA) is 55.1 Å². The Morgan fingerprint density at radius 1 is 1.26 bits per heavy atom. The molecule has 0 aliphatic carbocycles. The van der Waals surface area contributed by atoms with Gasteiger partial charge < -0.3 is 11.1 Å². The predicted octanol–water partition coefficient (Wildman–Crippen LogP) is 3.06. The Morgan fingerprint density at radius 2 is 1.79 bits per heavy atom. The van der Waals surface area contributed by atoms with E-state index in [4.69, 9.17) is 18.0 Å². The van der Waals surface area contributed by atoms with Gasteiger partial charge in [-0.3, -0.25) is 4.79 Å². The highest BCUT2D eigenvalue weighted by molar-refractivity contribution is 7.80. The number of nitrogens with one attached hydrogen (secondary N) is 1. The fourth-order valence-electron chi connectivity index (χ4n) is 2.13. The molecule has 0 fully saturated rings. The maximum Gasteiger partial charge on any atom is 0.234 e. The van der Waals surface area contributed by atoms with Gasteiger partial charge in [-0.1, -0.05) is 51.2 Å². The molecule has 1 aromatic carbocycles. The zero-order valence-electron chi connectivity index (χ0n) is 11.8. The lowest BCUT2D eigenvalue weighted by atomic mass is 10.0. The molecule has 0 aliphatic rings. The molecular weight excluding hydrogens is 256 g/mol. The van der Waals surface area contributed by atoms with Crippen molar-refractivity contribution in [1.82, 2.24) is 0 Å². The zero-order valence-corrected chi connectivity index (χ0v) is 12.6. The van der Waals surface area contributed by atoms with Crippen molar-refractivity contribution in [3.05, 3.63) is 29.3 Å². The van der Waals surface area contributed by atoms with Crippen LogP contribution in [0.25, 0.3) is 0 Å². The van der Waals surface area contributed by atoms with E-state index in [-0.39, 0.29) is 10.9 Å². The number of aryl methyl sites for hydroxylation is 2. The summed E-state index contributed by atoms with van der Waals surface area (Å²) in [6.45, 7) is 6.07. The van der Waals surface area contributed by atoms with E-state index in [0.29, 0.717) is 6.42 Å². The minimum atomic E-state index is -0.399. The monoisotopic (exact) mass is 278 g/mol. The van der Waals surface area contributed by atoms with E-state index in [1.54, 1.807) is 0 Å². The fourth-order valence-corrected chi connectivity index (χ4v) is 2.40. The molecule has 3 nitrogen and oxygen atoms in total. The number of anilines is 1. The van der Waals surface area contributed by atoms with Crippen LogP contribution in [-0.2, 0) is 17.6 Å². The first kappa shape index (κ1) is 15.6. The first-order valence-electron chi connectivity index (χ1n) is 6.75. The molecule has 0 saturated carbocycles. The minimum Gasteiger partial charge on any atom is -0.393 e. The van der Waals surface area contributed by atoms with Crippen molar-refractivity contribution in [2.45, 2.75) is 40.0 Å². The van der Waals surface area contributed by atoms with Crippen molar-refractivity contribution in [2.75, 3.05) is 5.32 Å². The van der Waals surface area contributed by atoms with Gasteiger partial charge in [0.1, 0.15) is 0 Å². The van der Waals surface area contributed by atoms with Gasteiger partial charge in [-0.15, -0.1) is 0 Å². The summed E-state index contributed by atoms with van der Waals surface area (Å²) in [7, 11) is 0. The average Bonchev–Trinajstić information content (AvgIpc) is 2.39. The lowest BCUT2D eigenvalue weighted by Crippen LogP contribution is -2.33. The van der Waals surface area contributed by atoms with Crippen LogP contribution in [0.3, 0.4) is 0 Å². The van der Waals surface area contributed by atoms with Crippen LogP contribution in [0.2, 0.25) is 0 Å². The van der Waals surface area contributed by atoms with E-state index in [0.717, 1.165) is 29.7 Å². The summed E-state index contributed by atoms with van der Waals surface area (Å²) in [5, 5.41) is 3.01. The Balaban J connectivity index is 3.04. The van der Waals surface area contributed by atoms with Crippen LogP contribution < -0.4 is 11.1 Å². The standard InChI is InChI=1S/C15H22N2OS/c1-4-10-8-7-9-11(5-2)13(10)17-15(18)12(6-3)14(16)19/h7-9,12H,4-6H2,1-3H3,(H2,16,19)(H,17,18). The van der Waals surface area contributed by atoms with Gasteiger partial charge in [-0.05, 0) is 30.4 Å². The smallest absolute Gasteiger partial charge is 0.234 e. The SMILES string of the molecule is CCc1cccc(CC)c1NC(=O)C(CC)C(N)=S. The number of hydrogen-bond donors (Lipinski definition) is 2. The zero-order chi connectivity index (χ0) is 14.4. The number of para-hydroxylation sites is 1. The third-order valence-electron chi connectivity index (χ3n) is 3.32. The maximum absolute atomic E-state index is 12.2. The van der Waals surface area contributed by atoms with Crippen molar-refractivity contribution < 1.29 is 4.79 Å². The van der Waals surface area contributed by atoms with E-state index in [1.807, 2.05) is 25.1 Å². The number of rotatable bonds is 6. The van der Waals surface area contributed by atoms with Crippen LogP contribution in [0, 0.1) is 5.92 Å². The molecule has 3 N–H and O–H groups in total. The molecule has 0 aromatic heterocycles. The van der Waals surface area contributed by atoms with Crippen LogP contribution in [0.5, 0.6) is 0 Å². The van der Waals surface area contributed by atoms with Gasteiger partial charge in [0.05, 0.1) is 10.9 Å². The molecule has 0 spiro atoms. The number of carbonyl (C=O) groups excluding carboxylic acids is 1. The average molecular weight is 278 g/mol. The molecule has 0 aliphatic heterocycles. The van der Waals surface area contributed by atoms with Crippen LogP contribution in [-0.4, -0.2) is 10.9 Å². The van der Waals surface area contributed by atoms with Gasteiger partial charge >= 0.3 is 0 Å². The van der Waals surface area contributed by atoms with Crippen molar-refractivity contribution >= 4 is 28.8 Å². The minimum absolute atomic E-state index is 0.106. The molecule has 1 unspecified atom stereocenters. The summed E-state index contributed by atoms with van der Waals surface area (Å²) < 4.78 is 0. The van der Waals surface area contributed by atoms with Crippen molar-refractivity contribution in [3.8, 4) is 0 Å². The van der Waals surface area contributed by atoms with Crippen molar-refractivity contribution in [2.24, 2.45) is 11.7 Å². The molecule has 0 radical (unpaired) electrons. The second-order valence-electron chi connectivity index (χ2n) is 4.51. The highest BCUT2D eigenvalue weighted by Crippen LogP contribution is 2.23. The molecule has 4 heteroatoms. The molecule has 0 heterocycles. The van der Waals surface area contributed by atoms with Gasteiger partial charge in [0.2, 0.25) is 5.91 Å². The van der Waals surface area contributed by atoms with Crippen molar-refractivity contribution in [3.63, 3.8) is 0 Å². The Hall–Kier alpha value is -1.42. The lowest BCUT2D eigenvalue weighted by molar-refractivity contribution is -0.118. The van der Waals surface area contributed by atoms with Crippen LogP contribution >= 0.6 is 12.2 Å². The molecule has 1 aromatic rings. The highest BCUT2D eigenvalue weighted by Gasteiger charge is 2.20. The summed E-state index contributed by atoms with van der Waals surface area (Å²) in [6, 6.07) is 6.10. The Bertz CT molecular complexity index is 449. The van der Waals surface area contributed by atoms with Crippen LogP contribution in [0.1, 0.15) is 38.3 Å². The molecule has 0 saturated heterocycles. The normalized spacial score (nSPS) is 11.9.